The molecule has 31 heavy (non-hydrogen) atoms. The lowest BCUT2D eigenvalue weighted by atomic mass is 10.1. The highest BCUT2D eigenvalue weighted by molar-refractivity contribution is 7.98. The molecule has 1 aliphatic heterocycles. The van der Waals surface area contributed by atoms with E-state index in [9.17, 15) is 4.79 Å². The Kier molecular flexibility index (Phi) is 7.14. The van der Waals surface area contributed by atoms with Gasteiger partial charge in [-0.1, -0.05) is 23.7 Å². The Balaban J connectivity index is 1.44. The molecule has 0 aliphatic carbocycles. The summed E-state index contributed by atoms with van der Waals surface area (Å²) in [5, 5.41) is 7.18. The smallest absolute Gasteiger partial charge is 0.252 e. The second-order valence-corrected chi connectivity index (χ2v) is 8.94. The molecule has 1 aromatic carbocycles. The van der Waals surface area contributed by atoms with Gasteiger partial charge < -0.3 is 14.3 Å². The maximum atomic E-state index is 13.1. The summed E-state index contributed by atoms with van der Waals surface area (Å²) in [6.45, 7) is 6.45. The van der Waals surface area contributed by atoms with Crippen molar-refractivity contribution in [3.05, 3.63) is 71.0 Å². The number of hydrogen-bond donors (Lipinski definition) is 1. The third kappa shape index (κ3) is 5.22. The summed E-state index contributed by atoms with van der Waals surface area (Å²) in [6, 6.07) is 11.7. The Morgan fingerprint density at radius 2 is 1.97 bits per heavy atom. The molecule has 3 aromatic rings. The van der Waals surface area contributed by atoms with Crippen molar-refractivity contribution in [2.45, 2.75) is 49.8 Å². The summed E-state index contributed by atoms with van der Waals surface area (Å²) in [4.78, 5) is 16.5. The fraction of sp³-hybridized carbons (Fsp3) is 0.417. The number of aromatic nitrogens is 1. The van der Waals surface area contributed by atoms with Gasteiger partial charge in [0, 0.05) is 22.8 Å². The van der Waals surface area contributed by atoms with Gasteiger partial charge in [0.2, 0.25) is 0 Å². The van der Waals surface area contributed by atoms with E-state index in [0.29, 0.717) is 17.9 Å². The first-order chi connectivity index (χ1) is 15.1. The van der Waals surface area contributed by atoms with Crippen molar-refractivity contribution in [3.63, 3.8) is 0 Å². The minimum absolute atomic E-state index is 0.0568. The Bertz CT molecular complexity index is 974. The van der Waals surface area contributed by atoms with Crippen LogP contribution in [0.1, 0.15) is 58.4 Å². The second kappa shape index (κ2) is 10.2. The van der Waals surface area contributed by atoms with E-state index in [-0.39, 0.29) is 11.9 Å². The summed E-state index contributed by atoms with van der Waals surface area (Å²) in [6.07, 6.45) is 5.34. The largest absolute Gasteiger partial charge is 0.468 e. The van der Waals surface area contributed by atoms with Gasteiger partial charge in [0.15, 0.2) is 0 Å². The zero-order valence-electron chi connectivity index (χ0n) is 18.1. The van der Waals surface area contributed by atoms with Crippen LogP contribution in [0.2, 0.25) is 0 Å². The molecule has 7 heteroatoms. The fourth-order valence-corrected chi connectivity index (χ4v) is 5.25. The maximum absolute atomic E-state index is 13.1. The molecule has 1 N–H and O–H groups in total. The number of amides is 1. The van der Waals surface area contributed by atoms with Crippen LogP contribution >= 0.6 is 11.8 Å². The van der Waals surface area contributed by atoms with Crippen molar-refractivity contribution in [3.8, 4) is 0 Å². The summed E-state index contributed by atoms with van der Waals surface area (Å²) in [5.74, 6) is 2.39. The summed E-state index contributed by atoms with van der Waals surface area (Å²) < 4.78 is 11.0. The number of thioether (sulfide) groups is 1. The lowest BCUT2D eigenvalue weighted by Gasteiger charge is -2.33. The number of aryl methyl sites for hydroxylation is 2. The third-order valence-corrected chi connectivity index (χ3v) is 6.94. The van der Waals surface area contributed by atoms with Gasteiger partial charge in [0.1, 0.15) is 11.5 Å². The van der Waals surface area contributed by atoms with Gasteiger partial charge in [-0.05, 0) is 64.0 Å². The first-order valence-electron chi connectivity index (χ1n) is 10.8. The van der Waals surface area contributed by atoms with E-state index in [2.05, 4.69) is 15.4 Å². The number of nitrogens with zero attached hydrogens (tertiary/aromatic N) is 2. The lowest BCUT2D eigenvalue weighted by molar-refractivity contribution is 0.0911. The van der Waals surface area contributed by atoms with Gasteiger partial charge in [-0.15, -0.1) is 11.8 Å². The SMILES string of the molecule is Cc1noc(C)c1CSc1ccccc1C(=O)NCC(c1ccco1)N1CCCCC1. The molecule has 0 bridgehead atoms. The fourth-order valence-electron chi connectivity index (χ4n) is 4.04. The molecule has 1 unspecified atom stereocenters. The van der Waals surface area contributed by atoms with Crippen LogP contribution in [0.4, 0.5) is 0 Å². The molecule has 1 amide bonds. The average molecular weight is 440 g/mol. The number of furan rings is 1. The van der Waals surface area contributed by atoms with E-state index in [1.54, 1.807) is 18.0 Å². The highest BCUT2D eigenvalue weighted by Crippen LogP contribution is 2.29. The number of likely N-dealkylation sites (tertiary alicyclic amines) is 1. The van der Waals surface area contributed by atoms with Crippen molar-refractivity contribution in [2.75, 3.05) is 19.6 Å². The van der Waals surface area contributed by atoms with Crippen molar-refractivity contribution in [1.82, 2.24) is 15.4 Å². The van der Waals surface area contributed by atoms with Gasteiger partial charge in [-0.2, -0.15) is 0 Å². The molecule has 1 aliphatic rings. The van der Waals surface area contributed by atoms with Crippen LogP contribution in [0.15, 0.2) is 56.5 Å². The van der Waals surface area contributed by atoms with E-state index in [0.717, 1.165) is 40.8 Å². The number of benzene rings is 1. The number of carbonyl (C=O) groups excluding carboxylic acids is 1. The van der Waals surface area contributed by atoms with Gasteiger partial charge in [-0.25, -0.2) is 0 Å². The Labute approximate surface area is 187 Å². The topological polar surface area (TPSA) is 71.5 Å². The summed E-state index contributed by atoms with van der Waals surface area (Å²) in [7, 11) is 0. The monoisotopic (exact) mass is 439 g/mol. The van der Waals surface area contributed by atoms with Crippen molar-refractivity contribution in [2.24, 2.45) is 0 Å². The highest BCUT2D eigenvalue weighted by Gasteiger charge is 2.25. The molecular weight excluding hydrogens is 410 g/mol. The normalized spacial score (nSPS) is 15.7. The van der Waals surface area contributed by atoms with Crippen LogP contribution in [0.3, 0.4) is 0 Å². The molecule has 1 fully saturated rings. The minimum Gasteiger partial charge on any atom is -0.468 e. The minimum atomic E-state index is -0.0598. The molecule has 3 heterocycles. The molecule has 2 aromatic heterocycles. The average Bonchev–Trinajstić information content (AvgIpc) is 3.44. The van der Waals surface area contributed by atoms with Crippen LogP contribution < -0.4 is 5.32 Å². The molecule has 0 radical (unpaired) electrons. The molecular formula is C24H29N3O3S. The number of carbonyl (C=O) groups is 1. The second-order valence-electron chi connectivity index (χ2n) is 7.93. The van der Waals surface area contributed by atoms with Crippen molar-refractivity contribution < 1.29 is 13.7 Å². The van der Waals surface area contributed by atoms with Crippen LogP contribution in [-0.2, 0) is 5.75 Å². The lowest BCUT2D eigenvalue weighted by Crippen LogP contribution is -2.40. The molecule has 1 atom stereocenters. The van der Waals surface area contributed by atoms with Crippen LogP contribution in [0, 0.1) is 13.8 Å². The zero-order valence-corrected chi connectivity index (χ0v) is 18.9. The first-order valence-corrected chi connectivity index (χ1v) is 11.8. The van der Waals surface area contributed by atoms with Gasteiger partial charge in [-0.3, -0.25) is 9.69 Å². The van der Waals surface area contributed by atoms with E-state index in [1.807, 2.05) is 50.2 Å². The Morgan fingerprint density at radius 3 is 2.68 bits per heavy atom. The third-order valence-electron chi connectivity index (χ3n) is 5.84. The zero-order chi connectivity index (χ0) is 21.6. The molecule has 4 rings (SSSR count). The van der Waals surface area contributed by atoms with E-state index < -0.39 is 0 Å². The number of piperidine rings is 1. The quantitative estimate of drug-likeness (QED) is 0.491. The molecule has 164 valence electrons. The van der Waals surface area contributed by atoms with Crippen LogP contribution in [0.25, 0.3) is 0 Å². The first kappa shape index (κ1) is 21.7. The number of rotatable bonds is 8. The van der Waals surface area contributed by atoms with Crippen molar-refractivity contribution in [1.29, 1.82) is 0 Å². The van der Waals surface area contributed by atoms with Crippen molar-refractivity contribution >= 4 is 17.7 Å². The predicted molar refractivity (Wildman–Crippen MR) is 121 cm³/mol. The standard InChI is InChI=1S/C24H29N3O3S/c1-17-20(18(2)30-26-17)16-31-23-11-5-4-9-19(23)24(28)25-15-21(22-10-8-14-29-22)27-12-6-3-7-13-27/h4-5,8-11,14,21H,3,6-7,12-13,15-16H2,1-2H3,(H,25,28). The van der Waals surface area contributed by atoms with E-state index in [4.69, 9.17) is 8.94 Å². The number of hydrogen-bond acceptors (Lipinski definition) is 6. The summed E-state index contributed by atoms with van der Waals surface area (Å²) >= 11 is 1.63. The highest BCUT2D eigenvalue weighted by atomic mass is 32.2. The summed E-state index contributed by atoms with van der Waals surface area (Å²) in [5.41, 5.74) is 2.68. The van der Waals surface area contributed by atoms with Gasteiger partial charge >= 0.3 is 0 Å². The molecule has 0 spiro atoms. The van der Waals surface area contributed by atoms with Gasteiger partial charge in [0.25, 0.3) is 5.91 Å². The Morgan fingerprint density at radius 1 is 1.16 bits per heavy atom. The predicted octanol–water partition coefficient (Wildman–Crippen LogP) is 5.13. The molecule has 1 saturated heterocycles. The maximum Gasteiger partial charge on any atom is 0.252 e. The van der Waals surface area contributed by atoms with Gasteiger partial charge in [0.05, 0.1) is 23.6 Å². The van der Waals surface area contributed by atoms with Crippen LogP contribution in [-0.4, -0.2) is 35.6 Å². The van der Waals surface area contributed by atoms with E-state index in [1.165, 1.54) is 19.3 Å². The Hall–Kier alpha value is -2.51. The molecule has 0 saturated carbocycles. The van der Waals surface area contributed by atoms with Crippen LogP contribution in [0.5, 0.6) is 0 Å². The number of nitrogens with one attached hydrogen (secondary N) is 1. The molecule has 6 nitrogen and oxygen atoms in total. The van der Waals surface area contributed by atoms with E-state index >= 15 is 0 Å².